The molecule has 0 fully saturated rings. The summed E-state index contributed by atoms with van der Waals surface area (Å²) in [5, 5.41) is 0. The van der Waals surface area contributed by atoms with Crippen LogP contribution in [0.15, 0.2) is 24.3 Å². The third kappa shape index (κ3) is 4.72. The minimum absolute atomic E-state index is 0.0958. The van der Waals surface area contributed by atoms with Gasteiger partial charge in [0.2, 0.25) is 0 Å². The van der Waals surface area contributed by atoms with Gasteiger partial charge in [0, 0.05) is 12.1 Å². The number of nitrogens with two attached hydrogens (primary N) is 1. The quantitative estimate of drug-likeness (QED) is 0.756. The lowest BCUT2D eigenvalue weighted by molar-refractivity contribution is -0.0511. The second-order valence-corrected chi connectivity index (χ2v) is 4.65. The Labute approximate surface area is 119 Å². The van der Waals surface area contributed by atoms with Gasteiger partial charge >= 0.3 is 6.61 Å². The van der Waals surface area contributed by atoms with Gasteiger partial charge in [-0.05, 0) is 25.6 Å². The molecule has 1 rings (SSSR count). The van der Waals surface area contributed by atoms with Crippen LogP contribution in [-0.4, -0.2) is 31.1 Å². The van der Waals surface area contributed by atoms with Gasteiger partial charge in [-0.15, -0.1) is 0 Å². The number of hydrogen-bond acceptors (Lipinski definition) is 3. The Morgan fingerprint density at radius 2 is 1.95 bits per heavy atom. The van der Waals surface area contributed by atoms with Gasteiger partial charge < -0.3 is 10.5 Å². The number of halogens is 2. The van der Waals surface area contributed by atoms with Crippen LogP contribution in [0.25, 0.3) is 0 Å². The van der Waals surface area contributed by atoms with E-state index in [-0.39, 0.29) is 11.8 Å². The lowest BCUT2D eigenvalue weighted by Gasteiger charge is -2.31. The fraction of sp³-hybridized carbons (Fsp3) is 0.600. The van der Waals surface area contributed by atoms with Crippen molar-refractivity contribution in [1.82, 2.24) is 4.90 Å². The van der Waals surface area contributed by atoms with Crippen LogP contribution in [0.5, 0.6) is 5.75 Å². The molecular weight excluding hydrogens is 262 g/mol. The predicted molar refractivity (Wildman–Crippen MR) is 77.0 cm³/mol. The van der Waals surface area contributed by atoms with Gasteiger partial charge in [0.15, 0.2) is 0 Å². The van der Waals surface area contributed by atoms with E-state index in [9.17, 15) is 8.78 Å². The van der Waals surface area contributed by atoms with Crippen LogP contribution in [0.3, 0.4) is 0 Å². The number of alkyl halides is 2. The molecule has 0 saturated heterocycles. The average Bonchev–Trinajstić information content (AvgIpc) is 2.44. The molecular formula is C15H24F2N2O. The van der Waals surface area contributed by atoms with Crippen molar-refractivity contribution in [3.05, 3.63) is 29.8 Å². The van der Waals surface area contributed by atoms with Gasteiger partial charge in [-0.25, -0.2) is 0 Å². The van der Waals surface area contributed by atoms with E-state index < -0.39 is 6.61 Å². The molecule has 1 aromatic rings. The molecule has 1 aromatic carbocycles. The molecule has 20 heavy (non-hydrogen) atoms. The van der Waals surface area contributed by atoms with E-state index in [1.807, 2.05) is 12.1 Å². The summed E-state index contributed by atoms with van der Waals surface area (Å²) >= 11 is 0. The Morgan fingerprint density at radius 1 is 1.25 bits per heavy atom. The summed E-state index contributed by atoms with van der Waals surface area (Å²) in [5.74, 6) is 0.216. The second-order valence-electron chi connectivity index (χ2n) is 4.65. The van der Waals surface area contributed by atoms with Crippen molar-refractivity contribution >= 4 is 0 Å². The van der Waals surface area contributed by atoms with Crippen LogP contribution in [-0.2, 0) is 0 Å². The van der Waals surface area contributed by atoms with Gasteiger partial charge in [0.1, 0.15) is 5.75 Å². The molecule has 5 heteroatoms. The maximum atomic E-state index is 12.5. The maximum Gasteiger partial charge on any atom is 0.387 e. The molecule has 0 aliphatic carbocycles. The summed E-state index contributed by atoms with van der Waals surface area (Å²) in [6, 6.07) is 6.80. The highest BCUT2D eigenvalue weighted by molar-refractivity contribution is 5.36. The molecule has 0 aliphatic heterocycles. The standard InChI is InChI=1S/C15H24F2N2O/c1-3-5-10-19(4-2)13(11-18)12-8-6-7-9-14(12)20-15(16)17/h6-9,13,15H,3-5,10-11,18H2,1-2H3. The number of nitrogens with zero attached hydrogens (tertiary/aromatic N) is 1. The Hall–Kier alpha value is -1.20. The first kappa shape index (κ1) is 16.9. The van der Waals surface area contributed by atoms with Gasteiger partial charge in [-0.1, -0.05) is 38.5 Å². The zero-order valence-corrected chi connectivity index (χ0v) is 12.2. The molecule has 114 valence electrons. The lowest BCUT2D eigenvalue weighted by atomic mass is 10.0. The van der Waals surface area contributed by atoms with Crippen molar-refractivity contribution in [3.8, 4) is 5.75 Å². The monoisotopic (exact) mass is 286 g/mol. The Balaban J connectivity index is 2.97. The molecule has 2 N–H and O–H groups in total. The summed E-state index contributed by atoms with van der Waals surface area (Å²) in [6.07, 6.45) is 2.14. The Bertz CT molecular complexity index is 388. The van der Waals surface area contributed by atoms with Crippen molar-refractivity contribution in [1.29, 1.82) is 0 Å². The molecule has 0 bridgehead atoms. The average molecular weight is 286 g/mol. The Kier molecular flexibility index (Phi) is 7.47. The van der Waals surface area contributed by atoms with Gasteiger partial charge in [-0.3, -0.25) is 4.90 Å². The third-order valence-electron chi connectivity index (χ3n) is 3.36. The van der Waals surface area contributed by atoms with Crippen molar-refractivity contribution in [3.63, 3.8) is 0 Å². The SMILES string of the molecule is CCCCN(CC)C(CN)c1ccccc1OC(F)F. The summed E-state index contributed by atoms with van der Waals surface area (Å²) in [6.45, 7) is 3.46. The molecule has 0 saturated carbocycles. The number of unbranched alkanes of at least 4 members (excludes halogenated alkanes) is 1. The van der Waals surface area contributed by atoms with Crippen LogP contribution in [0, 0.1) is 0 Å². The number of benzene rings is 1. The second kappa shape index (κ2) is 8.87. The van der Waals surface area contributed by atoms with E-state index in [0.717, 1.165) is 31.5 Å². The highest BCUT2D eigenvalue weighted by Gasteiger charge is 2.21. The molecule has 0 radical (unpaired) electrons. The molecule has 0 amide bonds. The number of rotatable bonds is 9. The van der Waals surface area contributed by atoms with Gasteiger partial charge in [-0.2, -0.15) is 8.78 Å². The molecule has 0 aliphatic rings. The van der Waals surface area contributed by atoms with Crippen LogP contribution < -0.4 is 10.5 Å². The first-order valence-electron chi connectivity index (χ1n) is 7.11. The molecule has 0 heterocycles. The first-order valence-corrected chi connectivity index (χ1v) is 7.11. The largest absolute Gasteiger partial charge is 0.434 e. The number of hydrogen-bond donors (Lipinski definition) is 1. The number of likely N-dealkylation sites (N-methyl/N-ethyl adjacent to an activating group) is 1. The topological polar surface area (TPSA) is 38.5 Å². The van der Waals surface area contributed by atoms with Crippen molar-refractivity contribution < 1.29 is 13.5 Å². The summed E-state index contributed by atoms with van der Waals surface area (Å²) < 4.78 is 29.6. The fourth-order valence-corrected chi connectivity index (χ4v) is 2.33. The van der Waals surface area contributed by atoms with Crippen LogP contribution in [0.2, 0.25) is 0 Å². The summed E-state index contributed by atoms with van der Waals surface area (Å²) in [5.41, 5.74) is 6.60. The van der Waals surface area contributed by atoms with E-state index in [1.54, 1.807) is 12.1 Å². The van der Waals surface area contributed by atoms with E-state index in [4.69, 9.17) is 5.73 Å². The number of para-hydroxylation sites is 1. The van der Waals surface area contributed by atoms with Crippen molar-refractivity contribution in [2.24, 2.45) is 5.73 Å². The number of ether oxygens (including phenoxy) is 1. The van der Waals surface area contributed by atoms with E-state index in [2.05, 4.69) is 23.5 Å². The molecule has 1 atom stereocenters. The predicted octanol–water partition coefficient (Wildman–Crippen LogP) is 3.41. The zero-order chi connectivity index (χ0) is 15.0. The fourth-order valence-electron chi connectivity index (χ4n) is 2.33. The van der Waals surface area contributed by atoms with Gasteiger partial charge in [0.05, 0.1) is 6.04 Å². The lowest BCUT2D eigenvalue weighted by Crippen LogP contribution is -2.34. The summed E-state index contributed by atoms with van der Waals surface area (Å²) in [7, 11) is 0. The molecule has 0 spiro atoms. The first-order chi connectivity index (χ1) is 9.63. The van der Waals surface area contributed by atoms with Crippen LogP contribution in [0.4, 0.5) is 8.78 Å². The maximum absolute atomic E-state index is 12.5. The van der Waals surface area contributed by atoms with Crippen molar-refractivity contribution in [2.45, 2.75) is 39.3 Å². The van der Waals surface area contributed by atoms with E-state index >= 15 is 0 Å². The summed E-state index contributed by atoms with van der Waals surface area (Å²) in [4.78, 5) is 2.21. The molecule has 1 unspecified atom stereocenters. The minimum Gasteiger partial charge on any atom is -0.434 e. The Morgan fingerprint density at radius 3 is 2.50 bits per heavy atom. The minimum atomic E-state index is -2.82. The zero-order valence-electron chi connectivity index (χ0n) is 12.2. The normalized spacial score (nSPS) is 12.9. The van der Waals surface area contributed by atoms with Crippen LogP contribution >= 0.6 is 0 Å². The van der Waals surface area contributed by atoms with Crippen molar-refractivity contribution in [2.75, 3.05) is 19.6 Å². The highest BCUT2D eigenvalue weighted by atomic mass is 19.3. The highest BCUT2D eigenvalue weighted by Crippen LogP contribution is 2.30. The smallest absolute Gasteiger partial charge is 0.387 e. The van der Waals surface area contributed by atoms with Gasteiger partial charge in [0.25, 0.3) is 0 Å². The third-order valence-corrected chi connectivity index (χ3v) is 3.36. The van der Waals surface area contributed by atoms with E-state index in [0.29, 0.717) is 6.54 Å². The van der Waals surface area contributed by atoms with E-state index in [1.165, 1.54) is 0 Å². The molecule has 3 nitrogen and oxygen atoms in total. The van der Waals surface area contributed by atoms with Crippen LogP contribution in [0.1, 0.15) is 38.3 Å². The molecule has 0 aromatic heterocycles.